The topological polar surface area (TPSA) is 32.3 Å². The number of rotatable bonds is 5. The Bertz CT molecular complexity index is 855. The summed E-state index contributed by atoms with van der Waals surface area (Å²) >= 11 is 0. The first kappa shape index (κ1) is 17.9. The summed E-state index contributed by atoms with van der Waals surface area (Å²) in [4.78, 5) is 14.1. The number of allylic oxidation sites excluding steroid dienone is 2. The van der Waals surface area contributed by atoms with Gasteiger partial charge in [-0.15, -0.1) is 0 Å². The second-order valence-corrected chi connectivity index (χ2v) is 6.73. The van der Waals surface area contributed by atoms with Gasteiger partial charge in [0.2, 0.25) is 0 Å². The highest BCUT2D eigenvalue weighted by Crippen LogP contribution is 2.27. The normalized spacial score (nSPS) is 12.6. The number of carbonyl (C=O) groups excluding carboxylic acids is 1. The van der Waals surface area contributed by atoms with Crippen molar-refractivity contribution in [2.45, 2.75) is 32.9 Å². The maximum atomic E-state index is 14.0. The van der Waals surface area contributed by atoms with Crippen LogP contribution in [0.2, 0.25) is 0 Å². The number of nitrogens with one attached hydrogen (secondary N) is 1. The molecule has 0 saturated heterocycles. The van der Waals surface area contributed by atoms with Crippen LogP contribution in [-0.2, 0) is 19.5 Å². The third-order valence-corrected chi connectivity index (χ3v) is 4.66. The summed E-state index contributed by atoms with van der Waals surface area (Å²) in [6, 6.07) is 11.0. The molecule has 134 valence electrons. The molecule has 26 heavy (non-hydrogen) atoms. The molecule has 0 radical (unpaired) electrons. The maximum absolute atomic E-state index is 14.0. The monoisotopic (exact) mass is 350 g/mol. The Balaban J connectivity index is 1.60. The number of urea groups is 1. The zero-order valence-corrected chi connectivity index (χ0v) is 15.0. The number of fused-ring (bicyclic) bond motifs is 1. The molecule has 0 atom stereocenters. The number of nitrogens with zero attached hydrogens (tertiary/aromatic N) is 1. The fraction of sp³-hybridized carbons (Fsp3) is 0.227. The van der Waals surface area contributed by atoms with E-state index in [0.29, 0.717) is 18.7 Å². The van der Waals surface area contributed by atoms with Crippen molar-refractivity contribution in [3.05, 3.63) is 89.3 Å². The van der Waals surface area contributed by atoms with E-state index in [1.165, 1.54) is 11.6 Å². The molecule has 1 N–H and O–H groups in total. The summed E-state index contributed by atoms with van der Waals surface area (Å²) in [6.45, 7) is 10.2. The van der Waals surface area contributed by atoms with Crippen LogP contribution in [0.5, 0.6) is 0 Å². The molecule has 3 nitrogen and oxygen atoms in total. The molecule has 4 heteroatoms. The summed E-state index contributed by atoms with van der Waals surface area (Å²) in [5.74, 6) is -0.235. The summed E-state index contributed by atoms with van der Waals surface area (Å²) in [7, 11) is 0. The quantitative estimate of drug-likeness (QED) is 0.724. The Kier molecular flexibility index (Phi) is 5.21. The van der Waals surface area contributed by atoms with E-state index in [9.17, 15) is 9.18 Å². The van der Waals surface area contributed by atoms with Gasteiger partial charge < -0.3 is 10.2 Å². The van der Waals surface area contributed by atoms with Crippen molar-refractivity contribution in [3.8, 4) is 0 Å². The van der Waals surface area contributed by atoms with Crippen LogP contribution in [0.1, 0.15) is 28.7 Å². The van der Waals surface area contributed by atoms with Gasteiger partial charge in [0.15, 0.2) is 0 Å². The van der Waals surface area contributed by atoms with Crippen LogP contribution in [0.4, 0.5) is 14.9 Å². The number of benzene rings is 2. The predicted molar refractivity (Wildman–Crippen MR) is 104 cm³/mol. The van der Waals surface area contributed by atoms with Crippen molar-refractivity contribution in [1.29, 1.82) is 0 Å². The van der Waals surface area contributed by atoms with Crippen molar-refractivity contribution in [3.63, 3.8) is 0 Å². The number of carbonyl (C=O) groups is 1. The molecule has 2 amide bonds. The lowest BCUT2D eigenvalue weighted by atomic mass is 10.1. The zero-order chi connectivity index (χ0) is 18.7. The number of anilines is 1. The van der Waals surface area contributed by atoms with Gasteiger partial charge in [-0.2, -0.15) is 0 Å². The van der Waals surface area contributed by atoms with Gasteiger partial charge >= 0.3 is 6.03 Å². The molecular weight excluding hydrogens is 327 g/mol. The Hall–Kier alpha value is -2.88. The molecule has 0 saturated carbocycles. The van der Waals surface area contributed by atoms with Crippen LogP contribution in [0.15, 0.2) is 61.2 Å². The number of halogens is 1. The smallest absolute Gasteiger partial charge is 0.316 e. The summed E-state index contributed by atoms with van der Waals surface area (Å²) in [5.41, 5.74) is 5.29. The van der Waals surface area contributed by atoms with E-state index in [0.717, 1.165) is 35.2 Å². The second kappa shape index (κ2) is 7.56. The van der Waals surface area contributed by atoms with Gasteiger partial charge in [-0.05, 0) is 54.7 Å². The average molecular weight is 350 g/mol. The van der Waals surface area contributed by atoms with E-state index in [1.807, 2.05) is 37.3 Å². The molecular formula is C22H23FN2O. The fourth-order valence-electron chi connectivity index (χ4n) is 3.12. The third-order valence-electron chi connectivity index (χ3n) is 4.66. The minimum Gasteiger partial charge on any atom is -0.316 e. The summed E-state index contributed by atoms with van der Waals surface area (Å²) in [5, 5.41) is 2.89. The molecule has 0 aromatic heterocycles. The second-order valence-electron chi connectivity index (χ2n) is 6.73. The largest absolute Gasteiger partial charge is 0.322 e. The van der Waals surface area contributed by atoms with Crippen LogP contribution in [0.3, 0.4) is 0 Å². The van der Waals surface area contributed by atoms with E-state index >= 15 is 0 Å². The van der Waals surface area contributed by atoms with Crippen LogP contribution >= 0.6 is 0 Å². The van der Waals surface area contributed by atoms with E-state index in [4.69, 9.17) is 0 Å². The Morgan fingerprint density at radius 2 is 2.00 bits per heavy atom. The van der Waals surface area contributed by atoms with Crippen molar-refractivity contribution < 1.29 is 9.18 Å². The van der Waals surface area contributed by atoms with Gasteiger partial charge in [0.25, 0.3) is 0 Å². The summed E-state index contributed by atoms with van der Waals surface area (Å²) in [6.07, 6.45) is 3.53. The molecule has 0 bridgehead atoms. The Morgan fingerprint density at radius 1 is 1.27 bits per heavy atom. The Morgan fingerprint density at radius 3 is 2.69 bits per heavy atom. The molecule has 3 rings (SSSR count). The van der Waals surface area contributed by atoms with E-state index < -0.39 is 0 Å². The molecule has 0 aliphatic carbocycles. The van der Waals surface area contributed by atoms with E-state index in [2.05, 4.69) is 18.5 Å². The number of amides is 2. The van der Waals surface area contributed by atoms with Crippen LogP contribution in [0.25, 0.3) is 0 Å². The molecule has 2 aromatic rings. The molecule has 1 heterocycles. The van der Waals surface area contributed by atoms with Gasteiger partial charge in [0.1, 0.15) is 5.82 Å². The summed E-state index contributed by atoms with van der Waals surface area (Å²) < 4.78 is 14.0. The van der Waals surface area contributed by atoms with Gasteiger partial charge in [0, 0.05) is 17.8 Å². The van der Waals surface area contributed by atoms with Crippen LogP contribution in [-0.4, -0.2) is 10.9 Å². The van der Waals surface area contributed by atoms with Gasteiger partial charge in [-0.1, -0.05) is 43.0 Å². The first-order valence-electron chi connectivity index (χ1n) is 8.69. The minimum atomic E-state index is -0.235. The van der Waals surface area contributed by atoms with E-state index in [-0.39, 0.29) is 11.8 Å². The Labute approximate surface area is 153 Å². The fourth-order valence-corrected chi connectivity index (χ4v) is 3.12. The molecule has 1 aliphatic rings. The van der Waals surface area contributed by atoms with Crippen LogP contribution < -0.4 is 5.32 Å². The highest BCUT2D eigenvalue weighted by atomic mass is 19.1. The maximum Gasteiger partial charge on any atom is 0.322 e. The number of hydrogen-bond acceptors (Lipinski definition) is 1. The van der Waals surface area contributed by atoms with Gasteiger partial charge in [-0.3, -0.25) is 0 Å². The lowest BCUT2D eigenvalue weighted by molar-refractivity contribution is 0.212. The van der Waals surface area contributed by atoms with Crippen molar-refractivity contribution in [2.24, 2.45) is 0 Å². The number of aryl methyl sites for hydroxylation is 2. The lowest BCUT2D eigenvalue weighted by Gasteiger charge is -2.16. The SMILES string of the molecule is C=CC(=C)CCc1ccc(NC(=O)N2Cc3cc(C)cc(F)c3C2)cc1. The minimum absolute atomic E-state index is 0.217. The molecule has 1 aliphatic heterocycles. The first-order valence-corrected chi connectivity index (χ1v) is 8.69. The average Bonchev–Trinajstić information content (AvgIpc) is 3.05. The highest BCUT2D eigenvalue weighted by Gasteiger charge is 2.26. The lowest BCUT2D eigenvalue weighted by Crippen LogP contribution is -2.30. The standard InChI is InChI=1S/C22H23FN2O/c1-4-15(2)5-6-17-7-9-19(10-8-17)24-22(26)25-13-18-11-16(3)12-21(23)20(18)14-25/h4,7-12H,1-2,5-6,13-14H2,3H3,(H,24,26). The molecule has 0 unspecified atom stereocenters. The molecule has 2 aromatic carbocycles. The van der Waals surface area contributed by atoms with Gasteiger partial charge in [0.05, 0.1) is 6.54 Å². The van der Waals surface area contributed by atoms with E-state index in [1.54, 1.807) is 11.0 Å². The first-order chi connectivity index (χ1) is 12.5. The predicted octanol–water partition coefficient (Wildman–Crippen LogP) is 5.36. The molecule has 0 spiro atoms. The van der Waals surface area contributed by atoms with Crippen molar-refractivity contribution >= 4 is 11.7 Å². The molecule has 0 fully saturated rings. The van der Waals surface area contributed by atoms with Crippen LogP contribution in [0, 0.1) is 12.7 Å². The third kappa shape index (κ3) is 4.02. The van der Waals surface area contributed by atoms with Gasteiger partial charge in [-0.25, -0.2) is 9.18 Å². The van der Waals surface area contributed by atoms with Crippen molar-refractivity contribution in [2.75, 3.05) is 5.32 Å². The van der Waals surface area contributed by atoms with Crippen molar-refractivity contribution in [1.82, 2.24) is 4.90 Å². The number of hydrogen-bond donors (Lipinski definition) is 1. The highest BCUT2D eigenvalue weighted by molar-refractivity contribution is 5.89. The zero-order valence-electron chi connectivity index (χ0n) is 15.0.